The van der Waals surface area contributed by atoms with Crippen LogP contribution in [0.1, 0.15) is 47.5 Å². The minimum Gasteiger partial charge on any atom is -0.464 e. The lowest BCUT2D eigenvalue weighted by atomic mass is 10.2. The molecule has 1 aliphatic rings. The maximum atomic E-state index is 12.1. The van der Waals surface area contributed by atoms with Gasteiger partial charge in [-0.2, -0.15) is 0 Å². The molecule has 0 bridgehead atoms. The summed E-state index contributed by atoms with van der Waals surface area (Å²) in [5, 5.41) is 0. The number of hydrogen-bond acceptors (Lipinski definition) is 4. The first kappa shape index (κ1) is 14.8. The van der Waals surface area contributed by atoms with Crippen molar-refractivity contribution in [1.29, 1.82) is 0 Å². The Balaban J connectivity index is 2.76. The highest BCUT2D eigenvalue weighted by Gasteiger charge is 2.41. The molecule has 0 aliphatic carbocycles. The summed E-state index contributed by atoms with van der Waals surface area (Å²) in [5.41, 5.74) is -0.557. The quantitative estimate of drug-likeness (QED) is 0.712. The van der Waals surface area contributed by atoms with E-state index < -0.39 is 17.7 Å². The summed E-state index contributed by atoms with van der Waals surface area (Å²) in [7, 11) is 0. The molecule has 0 spiro atoms. The summed E-state index contributed by atoms with van der Waals surface area (Å²) in [5.74, 6) is -0.340. The molecule has 1 fully saturated rings. The third kappa shape index (κ3) is 3.62. The summed E-state index contributed by atoms with van der Waals surface area (Å²) in [6.07, 6.45) is 0.993. The van der Waals surface area contributed by atoms with Crippen LogP contribution in [0.2, 0.25) is 0 Å². The summed E-state index contributed by atoms with van der Waals surface area (Å²) in [4.78, 5) is 25.4. The smallest absolute Gasteiger partial charge is 0.411 e. The Labute approximate surface area is 108 Å². The van der Waals surface area contributed by atoms with E-state index in [0.717, 1.165) is 6.42 Å². The zero-order chi connectivity index (χ0) is 13.9. The fourth-order valence-corrected chi connectivity index (χ4v) is 2.08. The first-order valence-corrected chi connectivity index (χ1v) is 6.44. The van der Waals surface area contributed by atoms with Gasteiger partial charge in [0.1, 0.15) is 11.6 Å². The van der Waals surface area contributed by atoms with Crippen LogP contribution in [0, 0.1) is 0 Å². The Hall–Kier alpha value is -1.26. The van der Waals surface area contributed by atoms with E-state index >= 15 is 0 Å². The molecule has 5 heteroatoms. The standard InChI is InChI=1S/C13H23NO4/c1-6-17-11(15)10-8-7-9(2)14(10)12(16)18-13(3,4)5/h9-10H,6-8H2,1-5H3/t9-,10+/m0/s1. The van der Waals surface area contributed by atoms with Gasteiger partial charge in [0, 0.05) is 6.04 Å². The van der Waals surface area contributed by atoms with Crippen molar-refractivity contribution in [3.05, 3.63) is 0 Å². The van der Waals surface area contributed by atoms with Gasteiger partial charge < -0.3 is 9.47 Å². The first-order chi connectivity index (χ1) is 8.26. The fraction of sp³-hybridized carbons (Fsp3) is 0.846. The number of carbonyl (C=O) groups is 2. The molecule has 0 N–H and O–H groups in total. The van der Waals surface area contributed by atoms with Gasteiger partial charge in [-0.15, -0.1) is 0 Å². The van der Waals surface area contributed by atoms with Gasteiger partial charge in [0.05, 0.1) is 6.61 Å². The summed E-state index contributed by atoms with van der Waals surface area (Å²) in [6, 6.07) is -0.496. The summed E-state index contributed by atoms with van der Waals surface area (Å²) >= 11 is 0. The van der Waals surface area contributed by atoms with Crippen LogP contribution in [-0.2, 0) is 14.3 Å². The largest absolute Gasteiger partial charge is 0.464 e. The van der Waals surface area contributed by atoms with E-state index in [1.54, 1.807) is 6.92 Å². The second-order valence-electron chi connectivity index (χ2n) is 5.58. The topological polar surface area (TPSA) is 55.8 Å². The van der Waals surface area contributed by atoms with Crippen LogP contribution in [0.3, 0.4) is 0 Å². The lowest BCUT2D eigenvalue weighted by molar-refractivity contribution is -0.148. The van der Waals surface area contributed by atoms with Gasteiger partial charge >= 0.3 is 12.1 Å². The second-order valence-corrected chi connectivity index (χ2v) is 5.58. The Morgan fingerprint density at radius 1 is 1.28 bits per heavy atom. The van der Waals surface area contributed by atoms with Gasteiger partial charge in [-0.05, 0) is 47.5 Å². The minimum atomic E-state index is -0.557. The van der Waals surface area contributed by atoms with Crippen molar-refractivity contribution >= 4 is 12.1 Å². The molecule has 1 rings (SSSR count). The predicted octanol–water partition coefficient (Wildman–Crippen LogP) is 2.34. The minimum absolute atomic E-state index is 0.00857. The Morgan fingerprint density at radius 3 is 2.39 bits per heavy atom. The number of ether oxygens (including phenoxy) is 2. The average molecular weight is 257 g/mol. The van der Waals surface area contributed by atoms with Crippen LogP contribution in [0.15, 0.2) is 0 Å². The van der Waals surface area contributed by atoms with E-state index in [0.29, 0.717) is 13.0 Å². The molecule has 5 nitrogen and oxygen atoms in total. The third-order valence-corrected chi connectivity index (χ3v) is 2.83. The van der Waals surface area contributed by atoms with Crippen molar-refractivity contribution in [3.63, 3.8) is 0 Å². The number of hydrogen-bond donors (Lipinski definition) is 0. The molecule has 0 aromatic rings. The van der Waals surface area contributed by atoms with Crippen molar-refractivity contribution in [2.75, 3.05) is 6.61 Å². The highest BCUT2D eigenvalue weighted by Crippen LogP contribution is 2.27. The number of esters is 1. The fourth-order valence-electron chi connectivity index (χ4n) is 2.08. The van der Waals surface area contributed by atoms with Gasteiger partial charge in [0.25, 0.3) is 0 Å². The molecule has 0 radical (unpaired) electrons. The zero-order valence-corrected chi connectivity index (χ0v) is 11.9. The highest BCUT2D eigenvalue weighted by atomic mass is 16.6. The zero-order valence-electron chi connectivity index (χ0n) is 11.9. The Kier molecular flexibility index (Phi) is 4.59. The molecule has 1 amide bonds. The van der Waals surface area contributed by atoms with Crippen LogP contribution in [-0.4, -0.2) is 41.3 Å². The van der Waals surface area contributed by atoms with Crippen molar-refractivity contribution in [2.24, 2.45) is 0 Å². The van der Waals surface area contributed by atoms with E-state index in [2.05, 4.69) is 0 Å². The molecule has 0 saturated carbocycles. The molecule has 1 aliphatic heterocycles. The van der Waals surface area contributed by atoms with Gasteiger partial charge in [0.15, 0.2) is 0 Å². The Bertz CT molecular complexity index is 321. The van der Waals surface area contributed by atoms with Gasteiger partial charge in [0.2, 0.25) is 0 Å². The number of rotatable bonds is 2. The van der Waals surface area contributed by atoms with E-state index in [1.165, 1.54) is 4.90 Å². The van der Waals surface area contributed by atoms with E-state index in [4.69, 9.17) is 9.47 Å². The second kappa shape index (κ2) is 5.59. The number of nitrogens with zero attached hydrogens (tertiary/aromatic N) is 1. The Morgan fingerprint density at radius 2 is 1.89 bits per heavy atom. The van der Waals surface area contributed by atoms with Crippen LogP contribution in [0.4, 0.5) is 4.79 Å². The van der Waals surface area contributed by atoms with E-state index in [9.17, 15) is 9.59 Å². The SMILES string of the molecule is CCOC(=O)[C@H]1CC[C@H](C)N1C(=O)OC(C)(C)C. The average Bonchev–Trinajstić information content (AvgIpc) is 2.58. The molecule has 1 saturated heterocycles. The molecule has 1 heterocycles. The van der Waals surface area contributed by atoms with E-state index in [1.807, 2.05) is 27.7 Å². The maximum absolute atomic E-state index is 12.1. The molecular formula is C13H23NO4. The molecule has 0 unspecified atom stereocenters. The summed E-state index contributed by atoms with van der Waals surface area (Å²) in [6.45, 7) is 9.43. The molecule has 18 heavy (non-hydrogen) atoms. The molecule has 0 aromatic carbocycles. The van der Waals surface area contributed by atoms with Gasteiger partial charge in [-0.1, -0.05) is 0 Å². The number of carbonyl (C=O) groups excluding carboxylic acids is 2. The van der Waals surface area contributed by atoms with Crippen LogP contribution >= 0.6 is 0 Å². The number of likely N-dealkylation sites (tertiary alicyclic amines) is 1. The normalized spacial score (nSPS) is 23.9. The molecule has 0 aromatic heterocycles. The third-order valence-electron chi connectivity index (χ3n) is 2.83. The van der Waals surface area contributed by atoms with Crippen molar-refractivity contribution in [1.82, 2.24) is 4.90 Å². The van der Waals surface area contributed by atoms with Crippen LogP contribution in [0.25, 0.3) is 0 Å². The molecule has 104 valence electrons. The maximum Gasteiger partial charge on any atom is 0.411 e. The lowest BCUT2D eigenvalue weighted by Crippen LogP contribution is -2.46. The molecule has 2 atom stereocenters. The monoisotopic (exact) mass is 257 g/mol. The highest BCUT2D eigenvalue weighted by molar-refractivity contribution is 5.82. The van der Waals surface area contributed by atoms with E-state index in [-0.39, 0.29) is 12.0 Å². The summed E-state index contributed by atoms with van der Waals surface area (Å²) < 4.78 is 10.3. The van der Waals surface area contributed by atoms with Crippen LogP contribution in [0.5, 0.6) is 0 Å². The van der Waals surface area contributed by atoms with Crippen molar-refractivity contribution in [2.45, 2.75) is 65.1 Å². The van der Waals surface area contributed by atoms with Gasteiger partial charge in [-0.25, -0.2) is 9.59 Å². The molecular weight excluding hydrogens is 234 g/mol. The van der Waals surface area contributed by atoms with Crippen molar-refractivity contribution in [3.8, 4) is 0 Å². The van der Waals surface area contributed by atoms with Crippen molar-refractivity contribution < 1.29 is 19.1 Å². The number of amides is 1. The first-order valence-electron chi connectivity index (χ1n) is 6.44. The lowest BCUT2D eigenvalue weighted by Gasteiger charge is -2.30. The van der Waals surface area contributed by atoms with Crippen LogP contribution < -0.4 is 0 Å². The van der Waals surface area contributed by atoms with Gasteiger partial charge in [-0.3, -0.25) is 4.90 Å². The predicted molar refractivity (Wildman–Crippen MR) is 67.2 cm³/mol.